The lowest BCUT2D eigenvalue weighted by atomic mass is 10.0. The van der Waals surface area contributed by atoms with E-state index in [9.17, 15) is 14.7 Å². The van der Waals surface area contributed by atoms with Crippen LogP contribution in [-0.4, -0.2) is 58.7 Å². The van der Waals surface area contributed by atoms with E-state index in [2.05, 4.69) is 11.8 Å². The van der Waals surface area contributed by atoms with Crippen molar-refractivity contribution in [1.82, 2.24) is 9.88 Å². The number of piperidine rings is 1. The molecule has 2 aliphatic heterocycles. The second-order valence-corrected chi connectivity index (χ2v) is 9.26. The minimum atomic E-state index is -0.997. The van der Waals surface area contributed by atoms with Crippen molar-refractivity contribution in [1.29, 1.82) is 0 Å². The van der Waals surface area contributed by atoms with E-state index in [0.29, 0.717) is 22.8 Å². The summed E-state index contributed by atoms with van der Waals surface area (Å²) in [7, 11) is 0. The molecule has 0 spiro atoms. The molecule has 7 nitrogen and oxygen atoms in total. The van der Waals surface area contributed by atoms with Gasteiger partial charge in [-0.1, -0.05) is 6.92 Å². The third-order valence-electron chi connectivity index (χ3n) is 6.93. The number of rotatable bonds is 6. The third kappa shape index (κ3) is 3.72. The summed E-state index contributed by atoms with van der Waals surface area (Å²) < 4.78 is 6.14. The fraction of sp³-hybridized carbons (Fsp3) is 0.682. The van der Waals surface area contributed by atoms with Gasteiger partial charge in [0.15, 0.2) is 0 Å². The molecule has 1 saturated carbocycles. The Hall–Kier alpha value is -2.15. The lowest BCUT2D eigenvalue weighted by Gasteiger charge is -2.34. The highest BCUT2D eigenvalue weighted by Gasteiger charge is 2.39. The number of anilines is 1. The first-order valence-electron chi connectivity index (χ1n) is 10.6. The molecule has 1 atom stereocenters. The van der Waals surface area contributed by atoms with E-state index in [1.807, 2.05) is 13.8 Å². The smallest absolute Gasteiger partial charge is 0.326 e. The Morgan fingerprint density at radius 1 is 1.28 bits per heavy atom. The molecule has 29 heavy (non-hydrogen) atoms. The standard InChI is InChI=1S/C22H31N3O4/c1-13-14(2)19(23-17-11-25(15(3)21(27)28)20(26)18(13)17)24-9-5-16(6-10-24)29-12-22(4)7-8-22/h15-16H,5-12H2,1-4H3,(H,27,28). The average Bonchev–Trinajstić information content (AvgIpc) is 3.34. The van der Waals surface area contributed by atoms with Crippen LogP contribution in [0.1, 0.15) is 66.7 Å². The van der Waals surface area contributed by atoms with Crippen molar-refractivity contribution in [3.05, 3.63) is 22.4 Å². The van der Waals surface area contributed by atoms with Crippen molar-refractivity contribution in [2.75, 3.05) is 24.6 Å². The molecule has 3 aliphatic rings. The summed E-state index contributed by atoms with van der Waals surface area (Å²) in [6, 6.07) is -0.860. The number of carbonyl (C=O) groups is 2. The minimum Gasteiger partial charge on any atom is -0.480 e. The molecule has 1 unspecified atom stereocenters. The maximum absolute atomic E-state index is 12.8. The fourth-order valence-corrected chi connectivity index (χ4v) is 4.28. The van der Waals surface area contributed by atoms with E-state index in [-0.39, 0.29) is 12.5 Å². The molecule has 1 saturated heterocycles. The van der Waals surface area contributed by atoms with E-state index in [4.69, 9.17) is 9.72 Å². The van der Waals surface area contributed by atoms with Crippen LogP contribution < -0.4 is 4.90 Å². The van der Waals surface area contributed by atoms with Gasteiger partial charge in [0.25, 0.3) is 5.91 Å². The Balaban J connectivity index is 1.48. The molecule has 1 aromatic rings. The predicted octanol–water partition coefficient (Wildman–Crippen LogP) is 2.91. The first kappa shape index (κ1) is 20.1. The van der Waals surface area contributed by atoms with Gasteiger partial charge < -0.3 is 19.6 Å². The molecular weight excluding hydrogens is 370 g/mol. The Morgan fingerprint density at radius 3 is 2.52 bits per heavy atom. The minimum absolute atomic E-state index is 0.227. The van der Waals surface area contributed by atoms with Crippen LogP contribution in [0.3, 0.4) is 0 Å². The monoisotopic (exact) mass is 401 g/mol. The van der Waals surface area contributed by atoms with Gasteiger partial charge in [-0.3, -0.25) is 4.79 Å². The van der Waals surface area contributed by atoms with Crippen LogP contribution in [0.4, 0.5) is 5.82 Å². The van der Waals surface area contributed by atoms with Crippen LogP contribution in [0, 0.1) is 19.3 Å². The number of aromatic nitrogens is 1. The van der Waals surface area contributed by atoms with Crippen molar-refractivity contribution < 1.29 is 19.4 Å². The average molecular weight is 402 g/mol. The molecule has 3 heterocycles. The van der Waals surface area contributed by atoms with Gasteiger partial charge in [0.05, 0.1) is 30.5 Å². The Labute approximate surface area is 172 Å². The zero-order valence-electron chi connectivity index (χ0n) is 17.8. The first-order valence-corrected chi connectivity index (χ1v) is 10.6. The largest absolute Gasteiger partial charge is 0.480 e. The van der Waals surface area contributed by atoms with E-state index < -0.39 is 12.0 Å². The molecule has 1 aromatic heterocycles. The first-order chi connectivity index (χ1) is 13.7. The fourth-order valence-electron chi connectivity index (χ4n) is 4.28. The van der Waals surface area contributed by atoms with Crippen LogP contribution in [0.5, 0.6) is 0 Å². The number of carboxylic acid groups (broad SMARTS) is 1. The van der Waals surface area contributed by atoms with Gasteiger partial charge in [0, 0.05) is 13.1 Å². The zero-order chi connectivity index (χ0) is 20.9. The van der Waals surface area contributed by atoms with Crippen molar-refractivity contribution >= 4 is 17.7 Å². The van der Waals surface area contributed by atoms with E-state index >= 15 is 0 Å². The Bertz CT molecular complexity index is 841. The quantitative estimate of drug-likeness (QED) is 0.789. The number of aliphatic carboxylic acids is 1. The number of fused-ring (bicyclic) bond motifs is 1. The van der Waals surface area contributed by atoms with E-state index in [1.54, 1.807) is 6.92 Å². The number of amides is 1. The summed E-state index contributed by atoms with van der Waals surface area (Å²) >= 11 is 0. The number of ether oxygens (including phenoxy) is 1. The van der Waals surface area contributed by atoms with Gasteiger partial charge >= 0.3 is 5.97 Å². The summed E-state index contributed by atoms with van der Waals surface area (Å²) in [4.78, 5) is 32.7. The highest BCUT2D eigenvalue weighted by molar-refractivity contribution is 6.01. The maximum Gasteiger partial charge on any atom is 0.326 e. The summed E-state index contributed by atoms with van der Waals surface area (Å²) in [5, 5.41) is 9.31. The number of hydrogen-bond acceptors (Lipinski definition) is 5. The maximum atomic E-state index is 12.8. The summed E-state index contributed by atoms with van der Waals surface area (Å²) in [5.41, 5.74) is 3.61. The lowest BCUT2D eigenvalue weighted by molar-refractivity contribution is -0.141. The third-order valence-corrected chi connectivity index (χ3v) is 6.93. The van der Waals surface area contributed by atoms with Gasteiger partial charge in [0.1, 0.15) is 11.9 Å². The van der Waals surface area contributed by atoms with Crippen LogP contribution in [0.25, 0.3) is 0 Å². The van der Waals surface area contributed by atoms with E-state index in [0.717, 1.165) is 49.5 Å². The van der Waals surface area contributed by atoms with Crippen LogP contribution in [-0.2, 0) is 16.1 Å². The molecule has 1 amide bonds. The van der Waals surface area contributed by atoms with Gasteiger partial charge in [0.2, 0.25) is 0 Å². The van der Waals surface area contributed by atoms with E-state index in [1.165, 1.54) is 17.7 Å². The summed E-state index contributed by atoms with van der Waals surface area (Å²) in [5.74, 6) is -0.301. The van der Waals surface area contributed by atoms with Crippen molar-refractivity contribution in [3.8, 4) is 0 Å². The topological polar surface area (TPSA) is 83.0 Å². The second-order valence-electron chi connectivity index (χ2n) is 9.26. The summed E-state index contributed by atoms with van der Waals surface area (Å²) in [6.07, 6.45) is 4.83. The molecule has 0 bridgehead atoms. The van der Waals surface area contributed by atoms with Gasteiger partial charge in [-0.15, -0.1) is 0 Å². The zero-order valence-corrected chi connectivity index (χ0v) is 17.8. The number of hydrogen-bond donors (Lipinski definition) is 1. The number of carbonyl (C=O) groups excluding carboxylic acids is 1. The summed E-state index contributed by atoms with van der Waals surface area (Å²) in [6.45, 7) is 10.7. The Kier molecular flexibility index (Phi) is 5.05. The normalized spacial score (nSPS) is 22.0. The molecule has 1 aliphatic carbocycles. The predicted molar refractivity (Wildman–Crippen MR) is 109 cm³/mol. The number of pyridine rings is 1. The van der Waals surface area contributed by atoms with Gasteiger partial charge in [-0.2, -0.15) is 0 Å². The molecule has 2 fully saturated rings. The second kappa shape index (κ2) is 7.27. The molecule has 7 heteroatoms. The van der Waals surface area contributed by atoms with Crippen LogP contribution in [0.2, 0.25) is 0 Å². The van der Waals surface area contributed by atoms with Gasteiger partial charge in [-0.25, -0.2) is 9.78 Å². The van der Waals surface area contributed by atoms with Crippen molar-refractivity contribution in [3.63, 3.8) is 0 Å². The lowest BCUT2D eigenvalue weighted by Crippen LogP contribution is -2.39. The highest BCUT2D eigenvalue weighted by Crippen LogP contribution is 2.45. The SMILES string of the molecule is Cc1c(N2CCC(OCC3(C)CC3)CC2)nc2c(c1C)C(=O)N(C(C)C(=O)O)C2. The molecule has 1 N–H and O–H groups in total. The van der Waals surface area contributed by atoms with Crippen molar-refractivity contribution in [2.24, 2.45) is 5.41 Å². The van der Waals surface area contributed by atoms with Crippen molar-refractivity contribution in [2.45, 2.75) is 72.1 Å². The van der Waals surface area contributed by atoms with Crippen LogP contribution in [0.15, 0.2) is 0 Å². The Morgan fingerprint density at radius 2 is 1.93 bits per heavy atom. The van der Waals surface area contributed by atoms with Gasteiger partial charge in [-0.05, 0) is 63.0 Å². The highest BCUT2D eigenvalue weighted by atomic mass is 16.5. The van der Waals surface area contributed by atoms with Crippen LogP contribution >= 0.6 is 0 Å². The molecule has 0 aromatic carbocycles. The number of carboxylic acids is 1. The molecule has 0 radical (unpaired) electrons. The molecule has 158 valence electrons. The molecular formula is C22H31N3O4. The molecule has 4 rings (SSSR count). The number of nitrogens with zero attached hydrogens (tertiary/aromatic N) is 3.